The van der Waals surface area contributed by atoms with Crippen LogP contribution in [0.15, 0.2) is 0 Å². The van der Waals surface area contributed by atoms with Gasteiger partial charge in [0, 0.05) is 24.3 Å². The van der Waals surface area contributed by atoms with Crippen LogP contribution in [0.1, 0.15) is 25.7 Å². The number of carboxylic acid groups (broad SMARTS) is 4. The van der Waals surface area contributed by atoms with Gasteiger partial charge < -0.3 is 62.7 Å². The number of carbonyl (C=O) groups excluding carboxylic acids is 6. The number of nitrogens with two attached hydrogens (primary N) is 2. The molecule has 0 aromatic heterocycles. The van der Waals surface area contributed by atoms with E-state index in [2.05, 4.69) is 10.6 Å². The van der Waals surface area contributed by atoms with Crippen molar-refractivity contribution in [1.29, 1.82) is 0 Å². The van der Waals surface area contributed by atoms with Gasteiger partial charge in [0.05, 0.1) is 25.0 Å². The third-order valence-corrected chi connectivity index (χ3v) is 7.09. The van der Waals surface area contributed by atoms with Crippen LogP contribution < -0.4 is 80.7 Å². The number of hydrogen-bond acceptors (Lipinski definition) is 14. The second-order valence-corrected chi connectivity index (χ2v) is 10.5. The van der Waals surface area contributed by atoms with Crippen molar-refractivity contribution < 1.29 is 96.5 Å². The zero-order chi connectivity index (χ0) is 30.8. The quantitative estimate of drug-likeness (QED) is 0.0334. The Morgan fingerprint density at radius 3 is 1.21 bits per heavy atom. The summed E-state index contributed by atoms with van der Waals surface area (Å²) >= 11 is 0. The molecule has 0 fully saturated rings. The smallest absolute Gasteiger partial charge is 0.548 e. The van der Waals surface area contributed by atoms with E-state index < -0.39 is 84.8 Å². The Bertz CT molecular complexity index is 891. The molecule has 4 amide bonds. The summed E-state index contributed by atoms with van der Waals surface area (Å²) in [5.41, 5.74) is 10.7. The SMILES string of the molecule is N[C@@H](CCC(=O)N[C@@H](CSSC[C@H](NC(=O)CC[C@H](N)C(=O)O)C(=O)NCC(=O)[O-])C(=O)NCC(=O)[O-])C(=O)O.[Li+].[Li+]. The predicted molar refractivity (Wildman–Crippen MR) is 135 cm³/mol. The molecule has 0 aliphatic rings. The first-order valence-corrected chi connectivity index (χ1v) is 13.9. The average Bonchev–Trinajstić information content (AvgIpc) is 2.87. The van der Waals surface area contributed by atoms with Crippen LogP contribution in [0, 0.1) is 0 Å². The van der Waals surface area contributed by atoms with Crippen molar-refractivity contribution in [3.8, 4) is 0 Å². The molecule has 0 radical (unpaired) electrons. The monoisotopic (exact) mass is 624 g/mol. The molecule has 0 heterocycles. The van der Waals surface area contributed by atoms with Gasteiger partial charge in [-0.25, -0.2) is 0 Å². The molecule has 18 nitrogen and oxygen atoms in total. The van der Waals surface area contributed by atoms with Crippen molar-refractivity contribution in [2.75, 3.05) is 24.6 Å². The summed E-state index contributed by atoms with van der Waals surface area (Å²) in [6.45, 7) is -1.71. The fourth-order valence-corrected chi connectivity index (χ4v) is 4.84. The first-order valence-electron chi connectivity index (χ1n) is 11.4. The number of nitrogens with one attached hydrogen (secondary N) is 4. The fourth-order valence-electron chi connectivity index (χ4n) is 2.52. The van der Waals surface area contributed by atoms with Crippen molar-refractivity contribution in [3.63, 3.8) is 0 Å². The van der Waals surface area contributed by atoms with Gasteiger partial charge in [0.15, 0.2) is 0 Å². The van der Waals surface area contributed by atoms with E-state index in [0.29, 0.717) is 0 Å². The Balaban J connectivity index is -0.00000760. The van der Waals surface area contributed by atoms with E-state index in [9.17, 15) is 48.6 Å². The first-order chi connectivity index (χ1) is 18.6. The molecule has 0 aliphatic heterocycles. The number of carboxylic acids is 4. The molecule has 0 aliphatic carbocycles. The average molecular weight is 625 g/mol. The van der Waals surface area contributed by atoms with Crippen molar-refractivity contribution >= 4 is 69.1 Å². The molecular formula is C20H30Li2N6O12S2. The van der Waals surface area contributed by atoms with Gasteiger partial charge in [-0.3, -0.25) is 28.8 Å². The molecule has 0 saturated carbocycles. The van der Waals surface area contributed by atoms with Crippen molar-refractivity contribution in [2.24, 2.45) is 11.5 Å². The van der Waals surface area contributed by atoms with Crippen LogP contribution in [0.4, 0.5) is 0 Å². The van der Waals surface area contributed by atoms with E-state index in [4.69, 9.17) is 21.7 Å². The van der Waals surface area contributed by atoms with E-state index in [1.807, 2.05) is 10.6 Å². The molecule has 0 bridgehead atoms. The van der Waals surface area contributed by atoms with Crippen LogP contribution in [-0.4, -0.2) is 106 Å². The Kier molecular flexibility index (Phi) is 25.2. The van der Waals surface area contributed by atoms with Crippen LogP contribution in [0.5, 0.6) is 0 Å². The third kappa shape index (κ3) is 21.3. The Hall–Kier alpha value is -2.43. The molecular weight excluding hydrogens is 594 g/mol. The molecule has 0 aromatic carbocycles. The number of hydrogen-bond donors (Lipinski definition) is 8. The molecule has 4 atom stereocenters. The summed E-state index contributed by atoms with van der Waals surface area (Å²) < 4.78 is 0. The summed E-state index contributed by atoms with van der Waals surface area (Å²) in [4.78, 5) is 91.9. The summed E-state index contributed by atoms with van der Waals surface area (Å²) in [7, 11) is 1.83. The molecule has 226 valence electrons. The second kappa shape index (κ2) is 24.1. The van der Waals surface area contributed by atoms with Gasteiger partial charge in [-0.1, -0.05) is 21.6 Å². The van der Waals surface area contributed by atoms with Crippen LogP contribution in [0.2, 0.25) is 0 Å². The van der Waals surface area contributed by atoms with E-state index in [1.54, 1.807) is 0 Å². The second-order valence-electron chi connectivity index (χ2n) is 7.96. The van der Waals surface area contributed by atoms with E-state index in [-0.39, 0.29) is 74.9 Å². The zero-order valence-corrected chi connectivity index (χ0v) is 24.5. The predicted octanol–water partition coefficient (Wildman–Crippen LogP) is -12.5. The summed E-state index contributed by atoms with van der Waals surface area (Å²) in [6.07, 6.45) is -1.19. The van der Waals surface area contributed by atoms with Gasteiger partial charge in [-0.15, -0.1) is 0 Å². The van der Waals surface area contributed by atoms with Gasteiger partial charge in [-0.2, -0.15) is 0 Å². The van der Waals surface area contributed by atoms with Crippen molar-refractivity contribution in [3.05, 3.63) is 0 Å². The number of rotatable bonds is 21. The Labute approximate surface area is 271 Å². The molecule has 10 N–H and O–H groups in total. The Morgan fingerprint density at radius 1 is 0.643 bits per heavy atom. The van der Waals surface area contributed by atoms with Crippen molar-refractivity contribution in [2.45, 2.75) is 49.9 Å². The maximum absolute atomic E-state index is 12.3. The van der Waals surface area contributed by atoms with Crippen LogP contribution >= 0.6 is 21.6 Å². The molecule has 0 rings (SSSR count). The normalized spacial score (nSPS) is 12.9. The standard InChI is InChI=1S/C20H32N6O12S2.2Li/c21-9(19(35)36)1-3-13(27)25-11(17(33)23-5-15(29)30)7-39-40-8-12(18(34)24-6-16(31)32)26-14(28)4-2-10(22)20(37)38;;/h9-12H,1-8,21-22H2,(H,23,33)(H,24,34)(H,25,27)(H,26,28)(H,29,30)(H,31,32)(H,35,36)(H,37,38);;/q;2*+1/p-2/t9-,10-,11-,12-;;/m0../s1. The Morgan fingerprint density at radius 2 is 0.952 bits per heavy atom. The minimum Gasteiger partial charge on any atom is -0.548 e. The molecule has 22 heteroatoms. The van der Waals surface area contributed by atoms with Crippen molar-refractivity contribution in [1.82, 2.24) is 21.3 Å². The molecule has 0 aromatic rings. The maximum atomic E-state index is 12.3. The van der Waals surface area contributed by atoms with E-state index >= 15 is 0 Å². The summed E-state index contributed by atoms with van der Waals surface area (Å²) in [6, 6.07) is -5.25. The van der Waals surface area contributed by atoms with Gasteiger partial charge in [0.2, 0.25) is 23.6 Å². The minimum atomic E-state index is -1.60. The minimum absolute atomic E-state index is 0. The van der Waals surface area contributed by atoms with Crippen LogP contribution in [-0.2, 0) is 38.4 Å². The first kappa shape index (κ1) is 44.0. The number of carbonyl (C=O) groups is 8. The van der Waals surface area contributed by atoms with Gasteiger partial charge in [0.25, 0.3) is 0 Å². The number of aliphatic carboxylic acids is 4. The van der Waals surface area contributed by atoms with E-state index in [1.165, 1.54) is 0 Å². The van der Waals surface area contributed by atoms with E-state index in [0.717, 1.165) is 21.6 Å². The largest absolute Gasteiger partial charge is 1.00 e. The van der Waals surface area contributed by atoms with Crippen LogP contribution in [0.3, 0.4) is 0 Å². The van der Waals surface area contributed by atoms with Gasteiger partial charge >= 0.3 is 49.7 Å². The topological polar surface area (TPSA) is 323 Å². The zero-order valence-electron chi connectivity index (χ0n) is 22.9. The fraction of sp³-hybridized carbons (Fsp3) is 0.600. The molecule has 42 heavy (non-hydrogen) atoms. The maximum Gasteiger partial charge on any atom is 1.00 e. The van der Waals surface area contributed by atoms with Gasteiger partial charge in [-0.05, 0) is 12.8 Å². The van der Waals surface area contributed by atoms with Gasteiger partial charge in [0.1, 0.15) is 24.2 Å². The summed E-state index contributed by atoms with van der Waals surface area (Å²) in [5.74, 6) is -9.54. The summed E-state index contributed by atoms with van der Waals surface area (Å²) in [5, 5.41) is 47.6. The molecule has 0 spiro atoms. The number of amides is 4. The third-order valence-electron chi connectivity index (χ3n) is 4.67. The van der Waals surface area contributed by atoms with Crippen LogP contribution in [0.25, 0.3) is 0 Å². The molecule has 0 unspecified atom stereocenters. The molecule has 0 saturated heterocycles.